The normalized spacial score (nSPS) is 15.8. The molecule has 0 amide bonds. The number of methoxy groups -OCH3 is 1. The number of anilines is 2. The maximum absolute atomic E-state index is 5.26. The first kappa shape index (κ1) is 16.7. The Morgan fingerprint density at radius 2 is 1.82 bits per heavy atom. The Balaban J connectivity index is 1.67. The second kappa shape index (κ2) is 6.34. The van der Waals surface area contributed by atoms with Crippen molar-refractivity contribution in [3.63, 3.8) is 0 Å². The Kier molecular flexibility index (Phi) is 3.79. The van der Waals surface area contributed by atoms with Crippen molar-refractivity contribution in [3.8, 4) is 17.1 Å². The van der Waals surface area contributed by atoms with Gasteiger partial charge in [0, 0.05) is 23.9 Å². The van der Waals surface area contributed by atoms with Crippen molar-refractivity contribution < 1.29 is 4.74 Å². The summed E-state index contributed by atoms with van der Waals surface area (Å²) >= 11 is 0. The van der Waals surface area contributed by atoms with Crippen LogP contribution in [-0.2, 0) is 6.42 Å². The fourth-order valence-electron chi connectivity index (χ4n) is 4.05. The summed E-state index contributed by atoms with van der Waals surface area (Å²) in [5, 5.41) is 9.01. The molecule has 0 bridgehead atoms. The van der Waals surface area contributed by atoms with Crippen LogP contribution < -0.4 is 9.64 Å². The third kappa shape index (κ3) is 2.45. The van der Waals surface area contributed by atoms with Crippen LogP contribution in [0.1, 0.15) is 24.0 Å². The zero-order valence-corrected chi connectivity index (χ0v) is 16.1. The minimum absolute atomic E-state index is 0.369. The number of para-hydroxylation sites is 1. The molecule has 4 aromatic rings. The van der Waals surface area contributed by atoms with E-state index < -0.39 is 0 Å². The van der Waals surface area contributed by atoms with Gasteiger partial charge in [0.25, 0.3) is 0 Å². The van der Waals surface area contributed by atoms with E-state index in [0.29, 0.717) is 5.92 Å². The van der Waals surface area contributed by atoms with Crippen molar-refractivity contribution in [2.24, 2.45) is 0 Å². The van der Waals surface area contributed by atoms with Gasteiger partial charge in [-0.3, -0.25) is 4.40 Å². The van der Waals surface area contributed by atoms with Crippen LogP contribution in [0.2, 0.25) is 0 Å². The fourth-order valence-corrected chi connectivity index (χ4v) is 4.05. The Bertz CT molecular complexity index is 1170. The molecule has 0 spiro atoms. The number of hydrogen-bond acceptors (Lipinski definition) is 5. The number of rotatable bonds is 2. The summed E-state index contributed by atoms with van der Waals surface area (Å²) in [6.45, 7) is 2.26. The lowest BCUT2D eigenvalue weighted by atomic mass is 9.94. The Hall–Kier alpha value is -3.41. The quantitative estimate of drug-likeness (QED) is 0.528. The van der Waals surface area contributed by atoms with Gasteiger partial charge in [0.15, 0.2) is 11.5 Å². The SMILES string of the molecule is COc1ccc(-c2nnc3c4c(ncn23)N(C)c2ccccc2C(C)C4)cc1. The standard InChI is InChI=1S/C22H21N5O/c1-14-12-18-21(26(2)19-7-5-4-6-17(14)19)23-13-27-20(24-25-22(18)27)15-8-10-16(28-3)11-9-15/h4-11,13-14H,12H2,1-3H3. The molecule has 0 aliphatic carbocycles. The summed E-state index contributed by atoms with van der Waals surface area (Å²) in [6, 6.07) is 16.4. The third-order valence-electron chi connectivity index (χ3n) is 5.54. The van der Waals surface area contributed by atoms with Crippen molar-refractivity contribution in [1.82, 2.24) is 19.6 Å². The largest absolute Gasteiger partial charge is 0.497 e. The number of nitrogens with zero attached hydrogens (tertiary/aromatic N) is 5. The molecule has 1 aliphatic rings. The van der Waals surface area contributed by atoms with E-state index in [1.54, 1.807) is 7.11 Å². The highest BCUT2D eigenvalue weighted by atomic mass is 16.5. The van der Waals surface area contributed by atoms with Crippen molar-refractivity contribution in [2.75, 3.05) is 19.1 Å². The summed E-state index contributed by atoms with van der Waals surface area (Å²) < 4.78 is 7.24. The molecule has 3 heterocycles. The van der Waals surface area contributed by atoms with Crippen LogP contribution >= 0.6 is 0 Å². The van der Waals surface area contributed by atoms with E-state index in [2.05, 4.69) is 53.3 Å². The van der Waals surface area contributed by atoms with E-state index in [4.69, 9.17) is 9.72 Å². The average molecular weight is 371 g/mol. The van der Waals surface area contributed by atoms with Crippen LogP contribution in [-0.4, -0.2) is 33.7 Å². The fraction of sp³-hybridized carbons (Fsp3) is 0.227. The summed E-state index contributed by atoms with van der Waals surface area (Å²) in [5.74, 6) is 2.91. The smallest absolute Gasteiger partial charge is 0.169 e. The first-order chi connectivity index (χ1) is 13.7. The van der Waals surface area contributed by atoms with Gasteiger partial charge in [-0.25, -0.2) is 4.98 Å². The first-order valence-electron chi connectivity index (χ1n) is 9.37. The maximum atomic E-state index is 5.26. The molecular weight excluding hydrogens is 350 g/mol. The third-order valence-corrected chi connectivity index (χ3v) is 5.54. The number of hydrogen-bond donors (Lipinski definition) is 0. The lowest BCUT2D eigenvalue weighted by Gasteiger charge is -2.21. The summed E-state index contributed by atoms with van der Waals surface area (Å²) in [4.78, 5) is 6.96. The van der Waals surface area contributed by atoms with Gasteiger partial charge >= 0.3 is 0 Å². The second-order valence-corrected chi connectivity index (χ2v) is 7.22. The van der Waals surface area contributed by atoms with Crippen molar-refractivity contribution in [2.45, 2.75) is 19.3 Å². The number of ether oxygens (including phenoxy) is 1. The van der Waals surface area contributed by atoms with Crippen LogP contribution in [0.4, 0.5) is 11.5 Å². The van der Waals surface area contributed by atoms with Gasteiger partial charge in [-0.2, -0.15) is 0 Å². The molecule has 5 rings (SSSR count). The van der Waals surface area contributed by atoms with E-state index in [9.17, 15) is 0 Å². The molecule has 0 saturated carbocycles. The number of fused-ring (bicyclic) bond motifs is 4. The maximum Gasteiger partial charge on any atom is 0.169 e. The first-order valence-corrected chi connectivity index (χ1v) is 9.37. The van der Waals surface area contributed by atoms with Crippen LogP contribution in [0.5, 0.6) is 5.75 Å². The summed E-state index contributed by atoms with van der Waals surface area (Å²) in [6.07, 6.45) is 2.69. The van der Waals surface area contributed by atoms with E-state index in [1.165, 1.54) is 11.3 Å². The van der Waals surface area contributed by atoms with Gasteiger partial charge in [-0.1, -0.05) is 25.1 Å². The van der Waals surface area contributed by atoms with Gasteiger partial charge in [-0.05, 0) is 48.2 Å². The molecule has 2 aromatic carbocycles. The van der Waals surface area contributed by atoms with Crippen molar-refractivity contribution in [1.29, 1.82) is 0 Å². The van der Waals surface area contributed by atoms with Gasteiger partial charge in [-0.15, -0.1) is 10.2 Å². The predicted molar refractivity (Wildman–Crippen MR) is 109 cm³/mol. The molecule has 28 heavy (non-hydrogen) atoms. The predicted octanol–water partition coefficient (Wildman–Crippen LogP) is 4.23. The van der Waals surface area contributed by atoms with E-state index in [-0.39, 0.29) is 0 Å². The van der Waals surface area contributed by atoms with Crippen LogP contribution in [0.3, 0.4) is 0 Å². The molecule has 6 heteroatoms. The topological polar surface area (TPSA) is 55.6 Å². The molecule has 140 valence electrons. The molecule has 1 aliphatic heterocycles. The molecular formula is C22H21N5O. The monoisotopic (exact) mass is 371 g/mol. The molecule has 2 aromatic heterocycles. The average Bonchev–Trinajstić information content (AvgIpc) is 3.14. The Morgan fingerprint density at radius 3 is 2.61 bits per heavy atom. The Morgan fingerprint density at radius 1 is 1.04 bits per heavy atom. The van der Waals surface area contributed by atoms with Gasteiger partial charge in [0.1, 0.15) is 17.9 Å². The van der Waals surface area contributed by atoms with Crippen LogP contribution in [0.25, 0.3) is 17.0 Å². The molecule has 0 fully saturated rings. The molecule has 1 atom stereocenters. The highest BCUT2D eigenvalue weighted by Crippen LogP contribution is 2.40. The van der Waals surface area contributed by atoms with Crippen molar-refractivity contribution in [3.05, 3.63) is 66.0 Å². The van der Waals surface area contributed by atoms with E-state index in [1.807, 2.05) is 35.0 Å². The summed E-state index contributed by atoms with van der Waals surface area (Å²) in [7, 11) is 3.73. The van der Waals surface area contributed by atoms with Gasteiger partial charge in [0.2, 0.25) is 0 Å². The lowest BCUT2D eigenvalue weighted by molar-refractivity contribution is 0.415. The van der Waals surface area contributed by atoms with Crippen molar-refractivity contribution >= 4 is 17.2 Å². The second-order valence-electron chi connectivity index (χ2n) is 7.22. The zero-order valence-electron chi connectivity index (χ0n) is 16.1. The molecule has 0 radical (unpaired) electrons. The molecule has 6 nitrogen and oxygen atoms in total. The van der Waals surface area contributed by atoms with Crippen LogP contribution in [0.15, 0.2) is 54.9 Å². The number of aromatic nitrogens is 4. The highest BCUT2D eigenvalue weighted by Gasteiger charge is 2.26. The Labute approximate surface area is 163 Å². The van der Waals surface area contributed by atoms with Gasteiger partial charge < -0.3 is 9.64 Å². The summed E-state index contributed by atoms with van der Waals surface area (Å²) in [5.41, 5.74) is 5.49. The highest BCUT2D eigenvalue weighted by molar-refractivity contribution is 5.74. The lowest BCUT2D eigenvalue weighted by Crippen LogP contribution is -2.14. The zero-order chi connectivity index (χ0) is 19.3. The molecule has 0 saturated heterocycles. The molecule has 0 N–H and O–H groups in total. The molecule has 1 unspecified atom stereocenters. The van der Waals surface area contributed by atoms with E-state index in [0.717, 1.165) is 40.6 Å². The minimum Gasteiger partial charge on any atom is -0.497 e. The van der Waals surface area contributed by atoms with E-state index >= 15 is 0 Å². The van der Waals surface area contributed by atoms with Gasteiger partial charge in [0.05, 0.1) is 7.11 Å². The number of benzene rings is 2. The minimum atomic E-state index is 0.369. The van der Waals surface area contributed by atoms with Crippen LogP contribution in [0, 0.1) is 0 Å².